The number of amidine groups is 1. The van der Waals surface area contributed by atoms with Gasteiger partial charge >= 0.3 is 0 Å². The minimum absolute atomic E-state index is 0.262. The van der Waals surface area contributed by atoms with E-state index in [2.05, 4.69) is 15.6 Å². The summed E-state index contributed by atoms with van der Waals surface area (Å²) in [7, 11) is -3.52. The molecule has 2 aromatic carbocycles. The van der Waals surface area contributed by atoms with E-state index in [1.165, 1.54) is 12.1 Å². The molecule has 1 saturated heterocycles. The number of piperidine rings is 1. The van der Waals surface area contributed by atoms with Crippen molar-refractivity contribution in [1.29, 1.82) is 0 Å². The van der Waals surface area contributed by atoms with Crippen molar-refractivity contribution in [3.05, 3.63) is 65.5 Å². The number of rotatable bonds is 4. The van der Waals surface area contributed by atoms with Gasteiger partial charge in [0.05, 0.1) is 17.0 Å². The highest BCUT2D eigenvalue weighted by Gasteiger charge is 2.43. The van der Waals surface area contributed by atoms with Crippen LogP contribution < -0.4 is 10.6 Å². The van der Waals surface area contributed by atoms with Crippen LogP contribution in [0.25, 0.3) is 0 Å². The zero-order chi connectivity index (χ0) is 21.2. The van der Waals surface area contributed by atoms with Gasteiger partial charge < -0.3 is 10.6 Å². The molecule has 0 bridgehead atoms. The summed E-state index contributed by atoms with van der Waals surface area (Å²) in [6.45, 7) is 4.57. The van der Waals surface area contributed by atoms with E-state index < -0.39 is 10.0 Å². The maximum atomic E-state index is 13.5. The Bertz CT molecular complexity index is 1050. The monoisotopic (exact) mass is 430 g/mol. The molecule has 2 heterocycles. The van der Waals surface area contributed by atoms with Gasteiger partial charge in [-0.2, -0.15) is 4.31 Å². The van der Waals surface area contributed by atoms with Crippen molar-refractivity contribution in [1.82, 2.24) is 14.9 Å². The third-order valence-corrected chi connectivity index (χ3v) is 7.99. The first kappa shape index (κ1) is 21.0. The van der Waals surface area contributed by atoms with E-state index in [9.17, 15) is 12.8 Å². The summed E-state index contributed by atoms with van der Waals surface area (Å²) in [5.41, 5.74) is 1.23. The number of aliphatic imine (C=N–C) groups is 1. The number of benzene rings is 2. The first-order valence-electron chi connectivity index (χ1n) is 10.2. The molecule has 8 heteroatoms. The van der Waals surface area contributed by atoms with Crippen LogP contribution in [0.15, 0.2) is 58.4 Å². The second-order valence-electron chi connectivity index (χ2n) is 7.89. The first-order chi connectivity index (χ1) is 14.4. The van der Waals surface area contributed by atoms with Crippen LogP contribution in [0.4, 0.5) is 4.39 Å². The van der Waals surface area contributed by atoms with Gasteiger partial charge in [-0.25, -0.2) is 12.8 Å². The summed E-state index contributed by atoms with van der Waals surface area (Å²) < 4.78 is 41.3. The molecule has 6 nitrogen and oxygen atoms in total. The van der Waals surface area contributed by atoms with Gasteiger partial charge in [0.15, 0.2) is 0 Å². The molecular weight excluding hydrogens is 403 g/mol. The van der Waals surface area contributed by atoms with Gasteiger partial charge in [0, 0.05) is 26.2 Å². The SMILES string of the molecule is Cc1ccccc1S(=O)(=O)N1CCC2(CC1)NCCN=C2NCc1cccc(F)c1. The minimum atomic E-state index is -3.52. The summed E-state index contributed by atoms with van der Waals surface area (Å²) in [5, 5.41) is 6.94. The number of halogens is 1. The summed E-state index contributed by atoms with van der Waals surface area (Å²) in [4.78, 5) is 5.06. The number of nitrogens with zero attached hydrogens (tertiary/aromatic N) is 2. The average Bonchev–Trinajstić information content (AvgIpc) is 2.74. The van der Waals surface area contributed by atoms with Crippen molar-refractivity contribution in [2.75, 3.05) is 26.2 Å². The van der Waals surface area contributed by atoms with Gasteiger partial charge in [0.25, 0.3) is 0 Å². The van der Waals surface area contributed by atoms with Crippen molar-refractivity contribution >= 4 is 15.9 Å². The number of hydrogen-bond donors (Lipinski definition) is 2. The van der Waals surface area contributed by atoms with E-state index >= 15 is 0 Å². The van der Waals surface area contributed by atoms with Crippen LogP contribution in [0.2, 0.25) is 0 Å². The molecule has 2 aromatic rings. The van der Waals surface area contributed by atoms with Crippen LogP contribution >= 0.6 is 0 Å². The minimum Gasteiger partial charge on any atom is -0.368 e. The Morgan fingerprint density at radius 2 is 1.93 bits per heavy atom. The lowest BCUT2D eigenvalue weighted by Crippen LogP contribution is -2.64. The van der Waals surface area contributed by atoms with Crippen LogP contribution in [-0.4, -0.2) is 50.3 Å². The standard InChI is InChI=1S/C22H27FN4O2S/c1-17-5-2-3-8-20(17)30(28,29)27-13-9-22(10-14-27)21(24-11-12-26-22)25-16-18-6-4-7-19(23)15-18/h2-8,15,26H,9-14,16H2,1H3,(H,24,25). The summed E-state index contributed by atoms with van der Waals surface area (Å²) in [5.74, 6) is 0.577. The molecular formula is C22H27FN4O2S. The lowest BCUT2D eigenvalue weighted by atomic mass is 9.85. The van der Waals surface area contributed by atoms with E-state index in [4.69, 9.17) is 0 Å². The summed E-state index contributed by atoms with van der Waals surface area (Å²) in [6, 6.07) is 13.6. The molecule has 0 radical (unpaired) electrons. The topological polar surface area (TPSA) is 73.8 Å². The highest BCUT2D eigenvalue weighted by Crippen LogP contribution is 2.29. The Hall–Kier alpha value is -2.29. The molecule has 0 atom stereocenters. The first-order valence-corrected chi connectivity index (χ1v) is 11.7. The number of hydrogen-bond acceptors (Lipinski definition) is 5. The van der Waals surface area contributed by atoms with E-state index in [0.29, 0.717) is 43.9 Å². The largest absolute Gasteiger partial charge is 0.368 e. The number of nitrogens with one attached hydrogen (secondary N) is 2. The lowest BCUT2D eigenvalue weighted by Gasteiger charge is -2.44. The average molecular weight is 431 g/mol. The molecule has 0 aromatic heterocycles. The molecule has 2 N–H and O–H groups in total. The van der Waals surface area contributed by atoms with Crippen LogP contribution in [0, 0.1) is 12.7 Å². The van der Waals surface area contributed by atoms with E-state index in [1.54, 1.807) is 22.5 Å². The van der Waals surface area contributed by atoms with Crippen molar-refractivity contribution in [3.8, 4) is 0 Å². The maximum Gasteiger partial charge on any atom is 0.243 e. The second-order valence-corrected chi connectivity index (χ2v) is 9.80. The molecule has 1 fully saturated rings. The maximum absolute atomic E-state index is 13.5. The smallest absolute Gasteiger partial charge is 0.243 e. The lowest BCUT2D eigenvalue weighted by molar-refractivity contribution is 0.241. The molecule has 0 unspecified atom stereocenters. The Labute approximate surface area is 177 Å². The quantitative estimate of drug-likeness (QED) is 0.782. The Balaban J connectivity index is 1.47. The van der Waals surface area contributed by atoms with Gasteiger partial charge in [-0.15, -0.1) is 0 Å². The Morgan fingerprint density at radius 1 is 1.17 bits per heavy atom. The van der Waals surface area contributed by atoms with Crippen molar-refractivity contribution in [2.24, 2.45) is 4.99 Å². The van der Waals surface area contributed by atoms with Gasteiger partial charge in [-0.3, -0.25) is 4.99 Å². The van der Waals surface area contributed by atoms with Crippen molar-refractivity contribution in [3.63, 3.8) is 0 Å². The zero-order valence-electron chi connectivity index (χ0n) is 17.1. The van der Waals surface area contributed by atoms with Crippen LogP contribution in [-0.2, 0) is 16.6 Å². The van der Waals surface area contributed by atoms with Crippen LogP contribution in [0.3, 0.4) is 0 Å². The van der Waals surface area contributed by atoms with Crippen LogP contribution in [0.5, 0.6) is 0 Å². The second kappa shape index (κ2) is 8.45. The molecule has 2 aliphatic rings. The number of aryl methyl sites for hydroxylation is 1. The molecule has 30 heavy (non-hydrogen) atoms. The van der Waals surface area contributed by atoms with Crippen molar-refractivity contribution < 1.29 is 12.8 Å². The predicted molar refractivity (Wildman–Crippen MR) is 115 cm³/mol. The molecule has 0 aliphatic carbocycles. The van der Waals surface area contributed by atoms with Gasteiger partial charge in [0.1, 0.15) is 11.7 Å². The molecule has 0 amide bonds. The highest BCUT2D eigenvalue weighted by atomic mass is 32.2. The third-order valence-electron chi connectivity index (χ3n) is 5.93. The molecule has 2 aliphatic heterocycles. The predicted octanol–water partition coefficient (Wildman–Crippen LogP) is 2.45. The number of sulfonamides is 1. The van der Waals surface area contributed by atoms with Gasteiger partial charge in [0.2, 0.25) is 10.0 Å². The van der Waals surface area contributed by atoms with E-state index in [0.717, 1.165) is 23.5 Å². The fourth-order valence-corrected chi connectivity index (χ4v) is 5.93. The van der Waals surface area contributed by atoms with Gasteiger partial charge in [-0.1, -0.05) is 30.3 Å². The fraction of sp³-hybridized carbons (Fsp3) is 0.409. The molecule has 160 valence electrons. The Kier molecular flexibility index (Phi) is 5.90. The fourth-order valence-electron chi connectivity index (χ4n) is 4.26. The summed E-state index contributed by atoms with van der Waals surface area (Å²) in [6.07, 6.45) is 1.26. The molecule has 1 spiro atoms. The molecule has 4 rings (SSSR count). The van der Waals surface area contributed by atoms with E-state index in [1.807, 2.05) is 25.1 Å². The van der Waals surface area contributed by atoms with Crippen LogP contribution in [0.1, 0.15) is 24.0 Å². The third kappa shape index (κ3) is 4.12. The highest BCUT2D eigenvalue weighted by molar-refractivity contribution is 7.89. The normalized spacial score (nSPS) is 19.5. The zero-order valence-corrected chi connectivity index (χ0v) is 17.9. The summed E-state index contributed by atoms with van der Waals surface area (Å²) >= 11 is 0. The van der Waals surface area contributed by atoms with Gasteiger partial charge in [-0.05, 0) is 49.1 Å². The Morgan fingerprint density at radius 3 is 2.67 bits per heavy atom. The van der Waals surface area contributed by atoms with E-state index in [-0.39, 0.29) is 11.4 Å². The van der Waals surface area contributed by atoms with Crippen molar-refractivity contribution in [2.45, 2.75) is 36.7 Å². The molecule has 0 saturated carbocycles.